The van der Waals surface area contributed by atoms with Gasteiger partial charge in [0.1, 0.15) is 9.39 Å². The first-order chi connectivity index (χ1) is 8.11. The molecule has 2 aromatic rings. The summed E-state index contributed by atoms with van der Waals surface area (Å²) in [6.45, 7) is 2.86. The van der Waals surface area contributed by atoms with Crippen molar-refractivity contribution in [3.05, 3.63) is 26.3 Å². The third-order valence-corrected chi connectivity index (χ3v) is 3.18. The van der Waals surface area contributed by atoms with Crippen LogP contribution < -0.4 is 5.56 Å². The molecule has 0 unspecified atom stereocenters. The first-order valence-electron chi connectivity index (χ1n) is 5.13. The van der Waals surface area contributed by atoms with Gasteiger partial charge in [-0.05, 0) is 29.0 Å². The lowest BCUT2D eigenvalue weighted by molar-refractivity contribution is 0.447. The van der Waals surface area contributed by atoms with Crippen LogP contribution >= 0.6 is 22.6 Å². The molecular formula is C10H11IN4O2. The van der Waals surface area contributed by atoms with E-state index in [4.69, 9.17) is 0 Å². The Morgan fingerprint density at radius 3 is 3.00 bits per heavy atom. The number of nitrogens with zero attached hydrogens (tertiary/aromatic N) is 3. The van der Waals surface area contributed by atoms with Crippen molar-refractivity contribution >= 4 is 22.6 Å². The van der Waals surface area contributed by atoms with E-state index in [9.17, 15) is 9.90 Å². The Hall–Kier alpha value is -1.38. The molecule has 6 nitrogen and oxygen atoms in total. The second-order valence-corrected chi connectivity index (χ2v) is 4.62. The molecule has 0 saturated heterocycles. The number of aromatic nitrogens is 4. The van der Waals surface area contributed by atoms with E-state index < -0.39 is 0 Å². The van der Waals surface area contributed by atoms with E-state index in [1.165, 1.54) is 0 Å². The van der Waals surface area contributed by atoms with Crippen molar-refractivity contribution in [2.45, 2.75) is 19.9 Å². The Balaban J connectivity index is 2.42. The van der Waals surface area contributed by atoms with Crippen molar-refractivity contribution in [1.29, 1.82) is 0 Å². The van der Waals surface area contributed by atoms with Gasteiger partial charge in [-0.3, -0.25) is 9.48 Å². The summed E-state index contributed by atoms with van der Waals surface area (Å²) in [6.07, 6.45) is 4.37. The zero-order chi connectivity index (χ0) is 12.4. The van der Waals surface area contributed by atoms with Crippen LogP contribution in [0.4, 0.5) is 0 Å². The summed E-state index contributed by atoms with van der Waals surface area (Å²) in [7, 11) is 0. The van der Waals surface area contributed by atoms with Gasteiger partial charge in [-0.1, -0.05) is 6.92 Å². The van der Waals surface area contributed by atoms with Gasteiger partial charge in [-0.25, -0.2) is 0 Å². The zero-order valence-corrected chi connectivity index (χ0v) is 11.3. The highest BCUT2D eigenvalue weighted by molar-refractivity contribution is 14.1. The fourth-order valence-electron chi connectivity index (χ4n) is 1.42. The largest absolute Gasteiger partial charge is 0.492 e. The smallest absolute Gasteiger partial charge is 0.268 e. The normalized spacial score (nSPS) is 10.7. The van der Waals surface area contributed by atoms with E-state index in [1.54, 1.807) is 39.7 Å². The summed E-state index contributed by atoms with van der Waals surface area (Å²) in [5.74, 6) is 0.0721. The molecule has 0 saturated carbocycles. The molecule has 0 fully saturated rings. The van der Waals surface area contributed by atoms with Gasteiger partial charge >= 0.3 is 0 Å². The number of aromatic hydroxyl groups is 1. The van der Waals surface area contributed by atoms with Crippen LogP contribution in [0.25, 0.3) is 11.4 Å². The van der Waals surface area contributed by atoms with Gasteiger partial charge < -0.3 is 10.1 Å². The molecular weight excluding hydrogens is 335 g/mol. The van der Waals surface area contributed by atoms with Crippen molar-refractivity contribution in [3.63, 3.8) is 0 Å². The fraction of sp³-hybridized carbons (Fsp3) is 0.300. The van der Waals surface area contributed by atoms with Crippen molar-refractivity contribution in [2.24, 2.45) is 0 Å². The molecule has 2 heterocycles. The SMILES string of the molecule is CCCn1cc(-c2nc(O)c(I)c(=O)[nH]2)cn1. The second kappa shape index (κ2) is 4.86. The summed E-state index contributed by atoms with van der Waals surface area (Å²) in [6, 6.07) is 0. The Kier molecular flexibility index (Phi) is 3.46. The van der Waals surface area contributed by atoms with Crippen LogP contribution in [-0.4, -0.2) is 24.9 Å². The second-order valence-electron chi connectivity index (χ2n) is 3.54. The molecule has 2 aromatic heterocycles. The Bertz CT molecular complexity index is 590. The standard InChI is InChI=1S/C10H11IN4O2/c1-2-3-15-5-6(4-12-15)8-13-9(16)7(11)10(17)14-8/h4-5H,2-3H2,1H3,(H2,13,14,16,17). The number of aromatic amines is 1. The molecule has 17 heavy (non-hydrogen) atoms. The van der Waals surface area contributed by atoms with Gasteiger partial charge in [0, 0.05) is 12.7 Å². The molecule has 0 atom stereocenters. The number of H-pyrrole nitrogens is 1. The van der Waals surface area contributed by atoms with Gasteiger partial charge in [0.05, 0.1) is 11.8 Å². The maximum atomic E-state index is 11.5. The van der Waals surface area contributed by atoms with E-state index in [2.05, 4.69) is 22.0 Å². The predicted molar refractivity (Wildman–Crippen MR) is 70.8 cm³/mol. The van der Waals surface area contributed by atoms with E-state index in [0.29, 0.717) is 11.4 Å². The van der Waals surface area contributed by atoms with Crippen LogP contribution in [0.3, 0.4) is 0 Å². The number of rotatable bonds is 3. The molecule has 0 aliphatic rings. The molecule has 0 aromatic carbocycles. The average molecular weight is 346 g/mol. The lowest BCUT2D eigenvalue weighted by Gasteiger charge is -1.99. The Morgan fingerprint density at radius 1 is 1.59 bits per heavy atom. The van der Waals surface area contributed by atoms with E-state index in [0.717, 1.165) is 13.0 Å². The zero-order valence-electron chi connectivity index (χ0n) is 9.14. The quantitative estimate of drug-likeness (QED) is 0.822. The lowest BCUT2D eigenvalue weighted by atomic mass is 10.3. The molecule has 0 radical (unpaired) electrons. The van der Waals surface area contributed by atoms with Gasteiger partial charge in [0.2, 0.25) is 5.88 Å². The molecule has 0 amide bonds. The van der Waals surface area contributed by atoms with Gasteiger partial charge in [0.25, 0.3) is 5.56 Å². The van der Waals surface area contributed by atoms with Crippen LogP contribution in [-0.2, 0) is 6.54 Å². The van der Waals surface area contributed by atoms with Crippen LogP contribution in [0.5, 0.6) is 5.88 Å². The summed E-state index contributed by atoms with van der Waals surface area (Å²) in [4.78, 5) is 18.0. The summed E-state index contributed by atoms with van der Waals surface area (Å²) in [5, 5.41) is 13.6. The van der Waals surface area contributed by atoms with Crippen molar-refractivity contribution < 1.29 is 5.11 Å². The molecule has 2 rings (SSSR count). The third kappa shape index (κ3) is 2.48. The number of aryl methyl sites for hydroxylation is 1. The highest BCUT2D eigenvalue weighted by Crippen LogP contribution is 2.17. The van der Waals surface area contributed by atoms with Crippen LogP contribution in [0.1, 0.15) is 13.3 Å². The fourth-order valence-corrected chi connectivity index (χ4v) is 1.68. The predicted octanol–water partition coefficient (Wildman–Crippen LogP) is 1.35. The van der Waals surface area contributed by atoms with E-state index in [1.807, 2.05) is 0 Å². The number of halogens is 1. The molecule has 2 N–H and O–H groups in total. The number of hydrogen-bond acceptors (Lipinski definition) is 4. The maximum absolute atomic E-state index is 11.5. The minimum atomic E-state index is -0.351. The first kappa shape index (κ1) is 12.1. The molecule has 90 valence electrons. The van der Waals surface area contributed by atoms with Crippen LogP contribution in [0.2, 0.25) is 0 Å². The summed E-state index contributed by atoms with van der Waals surface area (Å²) < 4.78 is 1.96. The van der Waals surface area contributed by atoms with Crippen LogP contribution in [0, 0.1) is 3.57 Å². The first-order valence-corrected chi connectivity index (χ1v) is 6.21. The molecule has 0 bridgehead atoms. The molecule has 0 aliphatic carbocycles. The third-order valence-electron chi connectivity index (χ3n) is 2.20. The average Bonchev–Trinajstić information content (AvgIpc) is 2.74. The molecule has 0 aliphatic heterocycles. The van der Waals surface area contributed by atoms with Gasteiger partial charge in [-0.15, -0.1) is 0 Å². The number of hydrogen-bond donors (Lipinski definition) is 2. The lowest BCUT2D eigenvalue weighted by Crippen LogP contribution is -2.12. The maximum Gasteiger partial charge on any atom is 0.268 e. The van der Waals surface area contributed by atoms with Crippen molar-refractivity contribution in [2.75, 3.05) is 0 Å². The topological polar surface area (TPSA) is 83.8 Å². The number of nitrogens with one attached hydrogen (secondary N) is 1. The molecule has 0 spiro atoms. The van der Waals surface area contributed by atoms with Crippen molar-refractivity contribution in [3.8, 4) is 17.3 Å². The minimum Gasteiger partial charge on any atom is -0.492 e. The van der Waals surface area contributed by atoms with Crippen molar-refractivity contribution in [1.82, 2.24) is 19.7 Å². The minimum absolute atomic E-state index is 0.187. The monoisotopic (exact) mass is 346 g/mol. The highest BCUT2D eigenvalue weighted by atomic mass is 127. The summed E-state index contributed by atoms with van der Waals surface area (Å²) in [5.41, 5.74) is 0.332. The van der Waals surface area contributed by atoms with E-state index >= 15 is 0 Å². The van der Waals surface area contributed by atoms with Gasteiger partial charge in [0.15, 0.2) is 0 Å². The van der Waals surface area contributed by atoms with E-state index in [-0.39, 0.29) is 15.0 Å². The summed E-state index contributed by atoms with van der Waals surface area (Å²) >= 11 is 1.75. The Morgan fingerprint density at radius 2 is 2.35 bits per heavy atom. The molecule has 7 heteroatoms. The van der Waals surface area contributed by atoms with Crippen LogP contribution in [0.15, 0.2) is 17.2 Å². The Labute approximate surface area is 111 Å². The van der Waals surface area contributed by atoms with Gasteiger partial charge in [-0.2, -0.15) is 10.1 Å². The highest BCUT2D eigenvalue weighted by Gasteiger charge is 2.10.